The fraction of sp³-hybridized carbons (Fsp3) is 0.700. The SMILES string of the molecule is C/C1=C\C2C/C(C)=C/CCC(C)(/C=C/C(C(C)C)CC1)O2. The molecule has 2 bridgehead atoms. The predicted molar refractivity (Wildman–Crippen MR) is 91.3 cm³/mol. The van der Waals surface area contributed by atoms with Crippen LogP contribution < -0.4 is 0 Å². The standard InChI is InChI=1S/C20H32O/c1-15(2)18-9-8-17(4)14-19-13-16(3)7-6-11-20(5,21-19)12-10-18/h7,10,12,14-15,18-19H,6,8-9,11,13H2,1-5H3/b12-10+,16-7+,17-14+. The topological polar surface area (TPSA) is 9.23 Å². The van der Waals surface area contributed by atoms with Crippen LogP contribution in [0.5, 0.6) is 0 Å². The maximum Gasteiger partial charge on any atom is 0.0845 e. The monoisotopic (exact) mass is 288 g/mol. The summed E-state index contributed by atoms with van der Waals surface area (Å²) in [5.41, 5.74) is 2.83. The third-order valence-corrected chi connectivity index (χ3v) is 4.97. The van der Waals surface area contributed by atoms with Gasteiger partial charge in [-0.05, 0) is 64.7 Å². The van der Waals surface area contributed by atoms with Gasteiger partial charge in [-0.25, -0.2) is 0 Å². The van der Waals surface area contributed by atoms with Crippen molar-refractivity contribution in [3.63, 3.8) is 0 Å². The molecule has 0 amide bonds. The summed E-state index contributed by atoms with van der Waals surface area (Å²) in [6.45, 7) is 11.4. The molecule has 0 aliphatic carbocycles. The lowest BCUT2D eigenvalue weighted by Gasteiger charge is -2.34. The smallest absolute Gasteiger partial charge is 0.0845 e. The zero-order valence-corrected chi connectivity index (χ0v) is 14.5. The van der Waals surface area contributed by atoms with Crippen molar-refractivity contribution in [2.45, 2.75) is 78.4 Å². The fourth-order valence-electron chi connectivity index (χ4n) is 3.44. The summed E-state index contributed by atoms with van der Waals surface area (Å²) in [5.74, 6) is 1.36. The van der Waals surface area contributed by atoms with E-state index in [1.165, 1.54) is 24.0 Å². The number of rotatable bonds is 1. The first-order valence-electron chi connectivity index (χ1n) is 8.58. The van der Waals surface area contributed by atoms with Crippen molar-refractivity contribution >= 4 is 0 Å². The van der Waals surface area contributed by atoms with Gasteiger partial charge in [0, 0.05) is 0 Å². The summed E-state index contributed by atoms with van der Waals surface area (Å²) >= 11 is 0. The summed E-state index contributed by atoms with van der Waals surface area (Å²) in [6.07, 6.45) is 15.5. The third-order valence-electron chi connectivity index (χ3n) is 4.97. The molecule has 2 rings (SSSR count). The normalized spacial score (nSPS) is 41.2. The van der Waals surface area contributed by atoms with Crippen LogP contribution in [-0.2, 0) is 4.74 Å². The van der Waals surface area contributed by atoms with Gasteiger partial charge in [0.2, 0.25) is 0 Å². The van der Waals surface area contributed by atoms with Gasteiger partial charge in [0.1, 0.15) is 0 Å². The predicted octanol–water partition coefficient (Wildman–Crippen LogP) is 5.83. The number of hydrogen-bond acceptors (Lipinski definition) is 1. The van der Waals surface area contributed by atoms with Gasteiger partial charge in [0.05, 0.1) is 11.7 Å². The molecule has 0 aromatic rings. The van der Waals surface area contributed by atoms with Crippen LogP contribution >= 0.6 is 0 Å². The molecule has 1 heteroatoms. The zero-order chi connectivity index (χ0) is 15.5. The minimum absolute atomic E-state index is 0.122. The Kier molecular flexibility index (Phi) is 5.48. The summed E-state index contributed by atoms with van der Waals surface area (Å²) in [6, 6.07) is 0. The van der Waals surface area contributed by atoms with Crippen LogP contribution in [0.15, 0.2) is 35.5 Å². The molecule has 0 radical (unpaired) electrons. The molecule has 2 aliphatic heterocycles. The number of allylic oxidation sites excluding steroid dienone is 3. The maximum absolute atomic E-state index is 6.52. The van der Waals surface area contributed by atoms with Crippen LogP contribution in [0.2, 0.25) is 0 Å². The van der Waals surface area contributed by atoms with E-state index in [1.807, 2.05) is 0 Å². The van der Waals surface area contributed by atoms with Crippen molar-refractivity contribution in [2.24, 2.45) is 11.8 Å². The molecule has 3 unspecified atom stereocenters. The number of ether oxygens (including phenoxy) is 1. The minimum atomic E-state index is -0.122. The molecule has 0 saturated heterocycles. The summed E-state index contributed by atoms with van der Waals surface area (Å²) < 4.78 is 6.52. The summed E-state index contributed by atoms with van der Waals surface area (Å²) in [4.78, 5) is 0. The Hall–Kier alpha value is -0.820. The van der Waals surface area contributed by atoms with Crippen LogP contribution in [-0.4, -0.2) is 11.7 Å². The molecule has 0 N–H and O–H groups in total. The maximum atomic E-state index is 6.52. The van der Waals surface area contributed by atoms with E-state index in [4.69, 9.17) is 4.74 Å². The van der Waals surface area contributed by atoms with Crippen LogP contribution in [0.25, 0.3) is 0 Å². The Labute approximate surface area is 131 Å². The van der Waals surface area contributed by atoms with E-state index in [9.17, 15) is 0 Å². The lowest BCUT2D eigenvalue weighted by atomic mass is 9.85. The molecule has 118 valence electrons. The number of fused-ring (bicyclic) bond motifs is 2. The first kappa shape index (κ1) is 16.5. The molecular formula is C20H32O. The van der Waals surface area contributed by atoms with E-state index in [2.05, 4.69) is 58.9 Å². The van der Waals surface area contributed by atoms with Crippen molar-refractivity contribution in [3.05, 3.63) is 35.5 Å². The Balaban J connectivity index is 2.31. The highest BCUT2D eigenvalue weighted by Crippen LogP contribution is 2.32. The highest BCUT2D eigenvalue weighted by molar-refractivity contribution is 5.14. The van der Waals surface area contributed by atoms with Gasteiger partial charge in [-0.15, -0.1) is 0 Å². The van der Waals surface area contributed by atoms with Crippen LogP contribution in [0.3, 0.4) is 0 Å². The molecule has 21 heavy (non-hydrogen) atoms. The van der Waals surface area contributed by atoms with Gasteiger partial charge in [-0.1, -0.05) is 49.3 Å². The molecular weight excluding hydrogens is 256 g/mol. The molecule has 3 atom stereocenters. The Morgan fingerprint density at radius 2 is 2.00 bits per heavy atom. The largest absolute Gasteiger partial charge is 0.364 e. The van der Waals surface area contributed by atoms with Crippen molar-refractivity contribution in [1.29, 1.82) is 0 Å². The van der Waals surface area contributed by atoms with Crippen molar-refractivity contribution in [1.82, 2.24) is 0 Å². The fourth-order valence-corrected chi connectivity index (χ4v) is 3.44. The molecule has 0 spiro atoms. The average molecular weight is 288 g/mol. The average Bonchev–Trinajstić information content (AvgIpc) is 2.35. The third kappa shape index (κ3) is 4.85. The second-order valence-electron chi connectivity index (χ2n) is 7.58. The van der Waals surface area contributed by atoms with Crippen molar-refractivity contribution in [2.75, 3.05) is 0 Å². The lowest BCUT2D eigenvalue weighted by Crippen LogP contribution is -2.33. The van der Waals surface area contributed by atoms with E-state index in [1.54, 1.807) is 0 Å². The van der Waals surface area contributed by atoms with E-state index < -0.39 is 0 Å². The Morgan fingerprint density at radius 3 is 2.71 bits per heavy atom. The molecule has 2 heterocycles. The van der Waals surface area contributed by atoms with E-state index in [0.29, 0.717) is 11.8 Å². The van der Waals surface area contributed by atoms with Gasteiger partial charge >= 0.3 is 0 Å². The van der Waals surface area contributed by atoms with Gasteiger partial charge in [-0.3, -0.25) is 0 Å². The molecule has 2 aliphatic rings. The molecule has 0 fully saturated rings. The van der Waals surface area contributed by atoms with E-state index >= 15 is 0 Å². The van der Waals surface area contributed by atoms with Crippen LogP contribution in [0.1, 0.15) is 66.7 Å². The van der Waals surface area contributed by atoms with Crippen LogP contribution in [0, 0.1) is 11.8 Å². The highest BCUT2D eigenvalue weighted by atomic mass is 16.5. The first-order chi connectivity index (χ1) is 9.88. The quantitative estimate of drug-likeness (QED) is 0.552. The Morgan fingerprint density at radius 1 is 1.24 bits per heavy atom. The van der Waals surface area contributed by atoms with E-state index in [-0.39, 0.29) is 11.7 Å². The number of hydrogen-bond donors (Lipinski definition) is 0. The van der Waals surface area contributed by atoms with Crippen molar-refractivity contribution < 1.29 is 4.74 Å². The van der Waals surface area contributed by atoms with Crippen molar-refractivity contribution in [3.8, 4) is 0 Å². The zero-order valence-electron chi connectivity index (χ0n) is 14.5. The van der Waals surface area contributed by atoms with Crippen LogP contribution in [0.4, 0.5) is 0 Å². The highest BCUT2D eigenvalue weighted by Gasteiger charge is 2.28. The molecule has 1 nitrogen and oxygen atoms in total. The summed E-state index contributed by atoms with van der Waals surface area (Å²) in [7, 11) is 0. The van der Waals surface area contributed by atoms with E-state index in [0.717, 1.165) is 19.3 Å². The van der Waals surface area contributed by atoms with Gasteiger partial charge in [0.15, 0.2) is 0 Å². The van der Waals surface area contributed by atoms with Gasteiger partial charge < -0.3 is 4.74 Å². The van der Waals surface area contributed by atoms with Gasteiger partial charge in [-0.2, -0.15) is 0 Å². The molecule has 0 aromatic heterocycles. The first-order valence-corrected chi connectivity index (χ1v) is 8.58. The second kappa shape index (κ2) is 6.96. The molecule has 0 aromatic carbocycles. The minimum Gasteiger partial charge on any atom is -0.364 e. The lowest BCUT2D eigenvalue weighted by molar-refractivity contribution is -0.0373. The Bertz CT molecular complexity index is 441. The second-order valence-corrected chi connectivity index (χ2v) is 7.58. The van der Waals surface area contributed by atoms with Gasteiger partial charge in [0.25, 0.3) is 0 Å². The molecule has 0 saturated carbocycles. The summed E-state index contributed by atoms with van der Waals surface area (Å²) in [5, 5.41) is 0.